The van der Waals surface area contributed by atoms with E-state index in [1.54, 1.807) is 0 Å². The van der Waals surface area contributed by atoms with Gasteiger partial charge >= 0.3 is 6.18 Å². The Balaban J connectivity index is 2.60. The van der Waals surface area contributed by atoms with Gasteiger partial charge in [0.15, 0.2) is 0 Å². The molecule has 0 aliphatic rings. The number of halogens is 3. The summed E-state index contributed by atoms with van der Waals surface area (Å²) in [7, 11) is 0. The van der Waals surface area contributed by atoms with Gasteiger partial charge in [-0.2, -0.15) is 13.2 Å². The summed E-state index contributed by atoms with van der Waals surface area (Å²) in [5.74, 6) is 0.332. The minimum atomic E-state index is -4.43. The van der Waals surface area contributed by atoms with Crippen molar-refractivity contribution in [3.63, 3.8) is 0 Å². The minimum Gasteiger partial charge on any atom is -0.396 e. The van der Waals surface area contributed by atoms with Crippen LogP contribution in [0.25, 0.3) is 10.9 Å². The Labute approximate surface area is 100 Å². The molecule has 2 rings (SSSR count). The van der Waals surface area contributed by atoms with Gasteiger partial charge < -0.3 is 10.8 Å². The molecule has 96 valence electrons. The van der Waals surface area contributed by atoms with Gasteiger partial charge in [-0.25, -0.2) is 9.97 Å². The average Bonchev–Trinajstić information content (AvgIpc) is 2.27. The molecule has 0 unspecified atom stereocenters. The van der Waals surface area contributed by atoms with Gasteiger partial charge in [0.25, 0.3) is 0 Å². The molecule has 0 bridgehead atoms. The first kappa shape index (κ1) is 12.6. The largest absolute Gasteiger partial charge is 0.416 e. The molecule has 0 radical (unpaired) electrons. The number of aliphatic hydroxyl groups excluding tert-OH is 1. The zero-order valence-corrected chi connectivity index (χ0v) is 9.20. The van der Waals surface area contributed by atoms with Crippen molar-refractivity contribution in [3.8, 4) is 0 Å². The zero-order chi connectivity index (χ0) is 13.3. The number of benzene rings is 1. The predicted molar refractivity (Wildman–Crippen MR) is 59.7 cm³/mol. The lowest BCUT2D eigenvalue weighted by Crippen LogP contribution is -2.07. The van der Waals surface area contributed by atoms with Crippen LogP contribution in [0.1, 0.15) is 11.4 Å². The molecule has 0 amide bonds. The summed E-state index contributed by atoms with van der Waals surface area (Å²) in [4.78, 5) is 7.86. The highest BCUT2D eigenvalue weighted by molar-refractivity contribution is 5.88. The topological polar surface area (TPSA) is 72.0 Å². The van der Waals surface area contributed by atoms with Gasteiger partial charge in [-0.1, -0.05) is 0 Å². The Morgan fingerprint density at radius 1 is 1.22 bits per heavy atom. The third-order valence-corrected chi connectivity index (χ3v) is 2.44. The van der Waals surface area contributed by atoms with Crippen LogP contribution in [0.15, 0.2) is 18.2 Å². The summed E-state index contributed by atoms with van der Waals surface area (Å²) < 4.78 is 37.7. The number of hydrogen-bond donors (Lipinski definition) is 2. The lowest BCUT2D eigenvalue weighted by molar-refractivity contribution is -0.137. The Bertz CT molecular complexity index is 583. The van der Waals surface area contributed by atoms with Gasteiger partial charge in [0.05, 0.1) is 17.7 Å². The van der Waals surface area contributed by atoms with Crippen molar-refractivity contribution >= 4 is 16.7 Å². The molecule has 7 heteroatoms. The first-order chi connectivity index (χ1) is 8.41. The van der Waals surface area contributed by atoms with Crippen molar-refractivity contribution in [2.24, 2.45) is 0 Å². The van der Waals surface area contributed by atoms with E-state index in [-0.39, 0.29) is 30.2 Å². The maximum atomic E-state index is 12.6. The smallest absolute Gasteiger partial charge is 0.396 e. The number of aliphatic hydroxyl groups is 1. The van der Waals surface area contributed by atoms with Gasteiger partial charge in [-0.05, 0) is 18.2 Å². The molecule has 0 saturated carbocycles. The number of fused-ring (bicyclic) bond motifs is 1. The van der Waals surface area contributed by atoms with Crippen molar-refractivity contribution in [1.29, 1.82) is 0 Å². The number of anilines is 1. The van der Waals surface area contributed by atoms with Gasteiger partial charge in [-0.15, -0.1) is 0 Å². The maximum Gasteiger partial charge on any atom is 0.416 e. The monoisotopic (exact) mass is 257 g/mol. The van der Waals surface area contributed by atoms with E-state index in [4.69, 9.17) is 10.8 Å². The van der Waals surface area contributed by atoms with Gasteiger partial charge in [0.1, 0.15) is 11.6 Å². The number of alkyl halides is 3. The molecule has 0 aliphatic carbocycles. The Kier molecular flexibility index (Phi) is 3.08. The molecule has 0 spiro atoms. The van der Waals surface area contributed by atoms with E-state index < -0.39 is 11.7 Å². The first-order valence-electron chi connectivity index (χ1n) is 5.16. The van der Waals surface area contributed by atoms with Crippen LogP contribution in [0, 0.1) is 0 Å². The van der Waals surface area contributed by atoms with E-state index in [1.165, 1.54) is 6.07 Å². The van der Waals surface area contributed by atoms with Crippen molar-refractivity contribution in [2.45, 2.75) is 12.6 Å². The number of aromatic nitrogens is 2. The van der Waals surface area contributed by atoms with E-state index in [2.05, 4.69) is 9.97 Å². The summed E-state index contributed by atoms with van der Waals surface area (Å²) in [6.07, 6.45) is -4.28. The van der Waals surface area contributed by atoms with Crippen LogP contribution in [0.2, 0.25) is 0 Å². The number of nitrogens with zero attached hydrogens (tertiary/aromatic N) is 2. The van der Waals surface area contributed by atoms with E-state index in [9.17, 15) is 13.2 Å². The van der Waals surface area contributed by atoms with Crippen LogP contribution in [0.4, 0.5) is 19.0 Å². The van der Waals surface area contributed by atoms with Crippen molar-refractivity contribution in [2.75, 3.05) is 12.3 Å². The molecule has 18 heavy (non-hydrogen) atoms. The van der Waals surface area contributed by atoms with Gasteiger partial charge in [-0.3, -0.25) is 0 Å². The Morgan fingerprint density at radius 2 is 1.94 bits per heavy atom. The molecule has 1 heterocycles. The first-order valence-corrected chi connectivity index (χ1v) is 5.16. The predicted octanol–water partition coefficient (Wildman–Crippen LogP) is 1.77. The lowest BCUT2D eigenvalue weighted by atomic mass is 10.1. The van der Waals surface area contributed by atoms with Crippen LogP contribution in [0.3, 0.4) is 0 Å². The molecule has 0 atom stereocenters. The molecule has 0 fully saturated rings. The fourth-order valence-electron chi connectivity index (χ4n) is 1.59. The second kappa shape index (κ2) is 4.41. The van der Waals surface area contributed by atoms with Crippen molar-refractivity contribution in [1.82, 2.24) is 9.97 Å². The second-order valence-electron chi connectivity index (χ2n) is 3.73. The summed E-state index contributed by atoms with van der Waals surface area (Å²) in [5.41, 5.74) is 4.97. The third-order valence-electron chi connectivity index (χ3n) is 2.44. The maximum absolute atomic E-state index is 12.6. The number of nitrogen functional groups attached to an aromatic ring is 1. The van der Waals surface area contributed by atoms with E-state index in [1.807, 2.05) is 0 Å². The summed E-state index contributed by atoms with van der Waals surface area (Å²) >= 11 is 0. The van der Waals surface area contributed by atoms with Crippen molar-refractivity contribution in [3.05, 3.63) is 29.6 Å². The quantitative estimate of drug-likeness (QED) is 0.860. The van der Waals surface area contributed by atoms with Crippen LogP contribution < -0.4 is 5.73 Å². The van der Waals surface area contributed by atoms with Gasteiger partial charge in [0, 0.05) is 11.8 Å². The Morgan fingerprint density at radius 3 is 2.56 bits per heavy atom. The molecular formula is C11H10F3N3O. The van der Waals surface area contributed by atoms with Crippen LogP contribution in [-0.4, -0.2) is 21.7 Å². The summed E-state index contributed by atoms with van der Waals surface area (Å²) in [6, 6.07) is 3.11. The van der Waals surface area contributed by atoms with Crippen LogP contribution >= 0.6 is 0 Å². The van der Waals surface area contributed by atoms with E-state index >= 15 is 0 Å². The second-order valence-corrected chi connectivity index (χ2v) is 3.73. The lowest BCUT2D eigenvalue weighted by Gasteiger charge is -2.09. The van der Waals surface area contributed by atoms with Crippen LogP contribution in [-0.2, 0) is 12.6 Å². The third kappa shape index (κ3) is 2.35. The molecular weight excluding hydrogens is 247 g/mol. The molecule has 1 aromatic heterocycles. The fraction of sp³-hybridized carbons (Fsp3) is 0.273. The summed E-state index contributed by atoms with van der Waals surface area (Å²) in [6.45, 7) is -0.191. The highest BCUT2D eigenvalue weighted by Crippen LogP contribution is 2.31. The normalized spacial score (nSPS) is 12.0. The molecule has 0 aliphatic heterocycles. The van der Waals surface area contributed by atoms with Crippen LogP contribution in [0.5, 0.6) is 0 Å². The fourth-order valence-corrected chi connectivity index (χ4v) is 1.59. The number of nitrogens with two attached hydrogens (primary N) is 1. The number of rotatable bonds is 2. The minimum absolute atomic E-state index is 0.108. The molecule has 2 aromatic rings. The highest BCUT2D eigenvalue weighted by atomic mass is 19.4. The standard InChI is InChI=1S/C11H10F3N3O/c12-11(13,14)6-1-2-7-8(5-6)16-9(3-4-18)17-10(7)15/h1-2,5,18H,3-4H2,(H2,15,16,17). The molecule has 3 N–H and O–H groups in total. The van der Waals surface area contributed by atoms with Crippen molar-refractivity contribution < 1.29 is 18.3 Å². The highest BCUT2D eigenvalue weighted by Gasteiger charge is 2.30. The van der Waals surface area contributed by atoms with Gasteiger partial charge in [0.2, 0.25) is 0 Å². The molecule has 1 aromatic carbocycles. The average molecular weight is 257 g/mol. The number of hydrogen-bond acceptors (Lipinski definition) is 4. The molecule has 0 saturated heterocycles. The van der Waals surface area contributed by atoms with E-state index in [0.717, 1.165) is 12.1 Å². The Hall–Kier alpha value is -1.89. The van der Waals surface area contributed by atoms with E-state index in [0.29, 0.717) is 5.39 Å². The summed E-state index contributed by atoms with van der Waals surface area (Å²) in [5, 5.41) is 9.13. The molecule has 4 nitrogen and oxygen atoms in total. The SMILES string of the molecule is Nc1nc(CCO)nc2cc(C(F)(F)F)ccc12. The zero-order valence-electron chi connectivity index (χ0n) is 9.20.